The number of aliphatic carboxylic acids is 1. The third-order valence-corrected chi connectivity index (χ3v) is 4.66. The largest absolute Gasteiger partial charge is 0.480 e. The van der Waals surface area contributed by atoms with E-state index in [1.165, 1.54) is 0 Å². The lowest BCUT2D eigenvalue weighted by molar-refractivity contribution is -0.142. The third-order valence-electron chi connectivity index (χ3n) is 4.66. The molecule has 0 aliphatic carbocycles. The summed E-state index contributed by atoms with van der Waals surface area (Å²) in [5, 5.41) is 13.0. The molecule has 6 nitrogen and oxygen atoms in total. The van der Waals surface area contributed by atoms with Crippen molar-refractivity contribution < 1.29 is 14.7 Å². The number of rotatable bonds is 7. The fraction of sp³-hybridized carbons (Fsp3) is 0.286. The molecule has 1 heterocycles. The van der Waals surface area contributed by atoms with Crippen molar-refractivity contribution in [3.05, 3.63) is 58.8 Å². The summed E-state index contributed by atoms with van der Waals surface area (Å²) < 4.78 is 1.76. The normalized spacial score (nSPS) is 12.2. The van der Waals surface area contributed by atoms with E-state index in [2.05, 4.69) is 5.32 Å². The van der Waals surface area contributed by atoms with Gasteiger partial charge >= 0.3 is 5.97 Å². The summed E-state index contributed by atoms with van der Waals surface area (Å²) in [5.41, 5.74) is 1.22. The Hall–Kier alpha value is -3.15. The zero-order valence-electron chi connectivity index (χ0n) is 15.1. The first-order valence-corrected chi connectivity index (χ1v) is 9.05. The molecule has 0 bridgehead atoms. The number of unbranched alkanes of at least 4 members (excludes halogenated alkanes) is 1. The van der Waals surface area contributed by atoms with Crippen molar-refractivity contribution >= 4 is 33.7 Å². The Balaban J connectivity index is 2.00. The fourth-order valence-corrected chi connectivity index (χ4v) is 3.30. The molecule has 3 rings (SSSR count). The Bertz CT molecular complexity index is 995. The predicted octanol–water partition coefficient (Wildman–Crippen LogP) is 2.91. The van der Waals surface area contributed by atoms with Gasteiger partial charge < -0.3 is 15.0 Å². The van der Waals surface area contributed by atoms with Crippen LogP contribution < -0.4 is 10.7 Å². The van der Waals surface area contributed by atoms with Crippen LogP contribution in [0.2, 0.25) is 0 Å². The smallest absolute Gasteiger partial charge is 0.326 e. The van der Waals surface area contributed by atoms with Gasteiger partial charge in [-0.1, -0.05) is 44.0 Å². The van der Waals surface area contributed by atoms with Crippen LogP contribution in [0.15, 0.2) is 53.3 Å². The second-order valence-electron chi connectivity index (χ2n) is 6.55. The van der Waals surface area contributed by atoms with Crippen LogP contribution in [0.25, 0.3) is 21.8 Å². The summed E-state index contributed by atoms with van der Waals surface area (Å²) in [6, 6.07) is 13.3. The number of hydrogen-bond donors (Lipinski definition) is 2. The molecule has 140 valence electrons. The van der Waals surface area contributed by atoms with E-state index in [1.54, 1.807) is 41.0 Å². The number of carbonyl (C=O) groups excluding carboxylic acids is 1. The van der Waals surface area contributed by atoms with Gasteiger partial charge in [0.05, 0.1) is 11.0 Å². The lowest BCUT2D eigenvalue weighted by atomic mass is 10.1. The molecule has 3 aromatic rings. The van der Waals surface area contributed by atoms with Crippen molar-refractivity contribution in [2.75, 3.05) is 0 Å². The number of para-hydroxylation sites is 2. The second kappa shape index (κ2) is 8.03. The van der Waals surface area contributed by atoms with Crippen LogP contribution in [0.5, 0.6) is 0 Å². The van der Waals surface area contributed by atoms with Gasteiger partial charge in [0.15, 0.2) is 5.43 Å². The van der Waals surface area contributed by atoms with Crippen LogP contribution in [0.4, 0.5) is 0 Å². The molecule has 27 heavy (non-hydrogen) atoms. The number of benzene rings is 2. The van der Waals surface area contributed by atoms with E-state index in [9.17, 15) is 19.5 Å². The van der Waals surface area contributed by atoms with Gasteiger partial charge in [-0.25, -0.2) is 4.79 Å². The highest BCUT2D eigenvalue weighted by molar-refractivity contribution is 5.95. The van der Waals surface area contributed by atoms with Crippen molar-refractivity contribution in [1.82, 2.24) is 9.88 Å². The molecular formula is C21H22N2O4. The highest BCUT2D eigenvalue weighted by Gasteiger charge is 2.20. The maximum absolute atomic E-state index is 12.7. The summed E-state index contributed by atoms with van der Waals surface area (Å²) in [7, 11) is 0. The van der Waals surface area contributed by atoms with Crippen LogP contribution in [0, 0.1) is 0 Å². The first kappa shape index (κ1) is 18.6. The maximum atomic E-state index is 12.7. The standard InChI is InChI=1S/C21H22N2O4/c1-2-3-10-16(21(26)27)22-19(24)13-23-17-11-6-4-8-14(17)20(25)15-9-5-7-12-18(15)23/h4-9,11-12,16H,2-3,10,13H2,1H3,(H,22,24)(H,26,27). The van der Waals surface area contributed by atoms with Gasteiger partial charge in [-0.05, 0) is 30.7 Å². The van der Waals surface area contributed by atoms with Crippen molar-refractivity contribution in [3.63, 3.8) is 0 Å². The van der Waals surface area contributed by atoms with Gasteiger partial charge in [0.25, 0.3) is 0 Å². The molecular weight excluding hydrogens is 344 g/mol. The quantitative estimate of drug-likeness (QED) is 0.629. The molecule has 6 heteroatoms. The number of pyridine rings is 1. The van der Waals surface area contributed by atoms with Crippen LogP contribution in [0.3, 0.4) is 0 Å². The van der Waals surface area contributed by atoms with Crippen LogP contribution in [-0.2, 0) is 16.1 Å². The molecule has 1 amide bonds. The highest BCUT2D eigenvalue weighted by atomic mass is 16.4. The Labute approximate surface area is 156 Å². The van der Waals surface area contributed by atoms with Crippen molar-refractivity contribution in [1.29, 1.82) is 0 Å². The van der Waals surface area contributed by atoms with E-state index in [1.807, 2.05) is 19.1 Å². The predicted molar refractivity (Wildman–Crippen MR) is 105 cm³/mol. The lowest BCUT2D eigenvalue weighted by Crippen LogP contribution is -2.42. The van der Waals surface area contributed by atoms with Crippen LogP contribution in [0.1, 0.15) is 26.2 Å². The Morgan fingerprint density at radius 1 is 1.04 bits per heavy atom. The number of carbonyl (C=O) groups is 2. The molecule has 1 atom stereocenters. The molecule has 2 aromatic carbocycles. The molecule has 0 saturated heterocycles. The summed E-state index contributed by atoms with van der Waals surface area (Å²) >= 11 is 0. The van der Waals surface area contributed by atoms with Crippen molar-refractivity contribution in [2.45, 2.75) is 38.8 Å². The lowest BCUT2D eigenvalue weighted by Gasteiger charge is -2.18. The monoisotopic (exact) mass is 366 g/mol. The molecule has 0 radical (unpaired) electrons. The number of hydrogen-bond acceptors (Lipinski definition) is 3. The number of nitrogens with zero attached hydrogens (tertiary/aromatic N) is 1. The Kier molecular flexibility index (Phi) is 5.54. The zero-order valence-corrected chi connectivity index (χ0v) is 15.1. The Morgan fingerprint density at radius 3 is 2.11 bits per heavy atom. The van der Waals surface area contributed by atoms with E-state index in [0.717, 1.165) is 12.8 Å². The molecule has 1 aromatic heterocycles. The minimum absolute atomic E-state index is 0.0583. The van der Waals surface area contributed by atoms with E-state index in [4.69, 9.17) is 0 Å². The average Bonchev–Trinajstić information content (AvgIpc) is 2.68. The van der Waals surface area contributed by atoms with Gasteiger partial charge in [-0.2, -0.15) is 0 Å². The molecule has 0 fully saturated rings. The maximum Gasteiger partial charge on any atom is 0.326 e. The Morgan fingerprint density at radius 2 is 1.59 bits per heavy atom. The zero-order chi connectivity index (χ0) is 19.4. The molecule has 0 spiro atoms. The molecule has 0 saturated carbocycles. The van der Waals surface area contributed by atoms with Gasteiger partial charge in [-0.15, -0.1) is 0 Å². The van der Waals surface area contributed by atoms with Gasteiger partial charge in [0.1, 0.15) is 12.6 Å². The van der Waals surface area contributed by atoms with Crippen LogP contribution >= 0.6 is 0 Å². The van der Waals surface area contributed by atoms with Gasteiger partial charge in [0, 0.05) is 10.8 Å². The van der Waals surface area contributed by atoms with Crippen molar-refractivity contribution in [3.8, 4) is 0 Å². The number of nitrogens with one attached hydrogen (secondary N) is 1. The SMILES string of the molecule is CCCCC(NC(=O)Cn1c2ccccc2c(=O)c2ccccc21)C(=O)O. The first-order chi connectivity index (χ1) is 13.0. The van der Waals surface area contributed by atoms with E-state index < -0.39 is 17.9 Å². The summed E-state index contributed by atoms with van der Waals surface area (Å²) in [4.78, 5) is 36.7. The number of carboxylic acid groups (broad SMARTS) is 1. The molecule has 0 aliphatic heterocycles. The second-order valence-corrected chi connectivity index (χ2v) is 6.55. The molecule has 0 aliphatic rings. The van der Waals surface area contributed by atoms with Crippen LogP contribution in [-0.4, -0.2) is 27.6 Å². The summed E-state index contributed by atoms with van der Waals surface area (Å²) in [6.07, 6.45) is 1.97. The first-order valence-electron chi connectivity index (χ1n) is 9.05. The fourth-order valence-electron chi connectivity index (χ4n) is 3.30. The average molecular weight is 366 g/mol. The number of carboxylic acids is 1. The number of amides is 1. The van der Waals surface area contributed by atoms with E-state index in [0.29, 0.717) is 28.2 Å². The highest BCUT2D eigenvalue weighted by Crippen LogP contribution is 2.19. The van der Waals surface area contributed by atoms with Gasteiger partial charge in [-0.3, -0.25) is 9.59 Å². The molecule has 2 N–H and O–H groups in total. The van der Waals surface area contributed by atoms with E-state index in [-0.39, 0.29) is 12.0 Å². The van der Waals surface area contributed by atoms with Crippen molar-refractivity contribution in [2.24, 2.45) is 0 Å². The molecule has 1 unspecified atom stereocenters. The minimum atomic E-state index is -1.04. The van der Waals surface area contributed by atoms with E-state index >= 15 is 0 Å². The minimum Gasteiger partial charge on any atom is -0.480 e. The third kappa shape index (κ3) is 3.84. The summed E-state index contributed by atoms with van der Waals surface area (Å²) in [5.74, 6) is -1.43. The van der Waals surface area contributed by atoms with Gasteiger partial charge in [0.2, 0.25) is 5.91 Å². The summed E-state index contributed by atoms with van der Waals surface area (Å²) in [6.45, 7) is 1.91. The topological polar surface area (TPSA) is 88.4 Å². The number of fused-ring (bicyclic) bond motifs is 2. The number of aromatic nitrogens is 1.